The Labute approximate surface area is 149 Å². The lowest BCUT2D eigenvalue weighted by Gasteiger charge is -2.10. The summed E-state index contributed by atoms with van der Waals surface area (Å²) in [6, 6.07) is 7.16. The average molecular weight is 353 g/mol. The quantitative estimate of drug-likeness (QED) is 0.750. The maximum atomic E-state index is 12.7. The second-order valence-corrected chi connectivity index (χ2v) is 6.47. The van der Waals surface area contributed by atoms with Crippen LogP contribution in [0.5, 0.6) is 0 Å². The second-order valence-electron chi connectivity index (χ2n) is 6.47. The van der Waals surface area contributed by atoms with E-state index in [0.717, 1.165) is 25.7 Å². The van der Waals surface area contributed by atoms with Gasteiger partial charge in [0.15, 0.2) is 11.5 Å². The van der Waals surface area contributed by atoms with E-state index in [1.807, 2.05) is 6.07 Å². The fraction of sp³-hybridized carbons (Fsp3) is 0.333. The summed E-state index contributed by atoms with van der Waals surface area (Å²) in [6.07, 6.45) is 5.92. The smallest absolute Gasteiger partial charge is 0.293 e. The molecule has 2 N–H and O–H groups in total. The maximum absolute atomic E-state index is 12.7. The van der Waals surface area contributed by atoms with Crippen LogP contribution in [0.1, 0.15) is 52.6 Å². The predicted octanol–water partition coefficient (Wildman–Crippen LogP) is 2.56. The highest BCUT2D eigenvalue weighted by molar-refractivity contribution is 6.05. The van der Waals surface area contributed by atoms with Gasteiger partial charge in [-0.3, -0.25) is 14.0 Å². The van der Waals surface area contributed by atoms with Crippen LogP contribution in [0.2, 0.25) is 0 Å². The second kappa shape index (κ2) is 6.62. The summed E-state index contributed by atoms with van der Waals surface area (Å²) in [4.78, 5) is 29.6. The molecule has 0 spiro atoms. The molecule has 3 aromatic rings. The Kier molecular flexibility index (Phi) is 4.16. The van der Waals surface area contributed by atoms with Crippen LogP contribution in [0, 0.1) is 6.92 Å². The summed E-state index contributed by atoms with van der Waals surface area (Å²) < 4.78 is 6.55. The van der Waals surface area contributed by atoms with Crippen molar-refractivity contribution in [2.24, 2.45) is 0 Å². The Balaban J connectivity index is 1.64. The van der Waals surface area contributed by atoms with E-state index in [2.05, 4.69) is 20.8 Å². The molecule has 1 aliphatic carbocycles. The number of anilines is 1. The summed E-state index contributed by atoms with van der Waals surface area (Å²) in [5.41, 5.74) is 0.837. The molecular weight excluding hydrogens is 334 g/mol. The van der Waals surface area contributed by atoms with E-state index in [4.69, 9.17) is 4.52 Å². The van der Waals surface area contributed by atoms with Crippen LogP contribution in [-0.4, -0.2) is 32.4 Å². The van der Waals surface area contributed by atoms with Gasteiger partial charge in [0.25, 0.3) is 11.8 Å². The molecule has 1 saturated carbocycles. The molecule has 8 heteroatoms. The van der Waals surface area contributed by atoms with Crippen molar-refractivity contribution in [2.45, 2.75) is 38.6 Å². The molecule has 0 atom stereocenters. The Morgan fingerprint density at radius 2 is 2.04 bits per heavy atom. The summed E-state index contributed by atoms with van der Waals surface area (Å²) in [7, 11) is 0. The molecule has 3 aromatic heterocycles. The number of carbonyl (C=O) groups excluding carboxylic acids is 2. The first kappa shape index (κ1) is 16.3. The SMILES string of the molecule is Cc1cc(NC(=O)c2nc(C(=O)NC3CCCC3)c3ccccn23)no1. The van der Waals surface area contributed by atoms with Crippen LogP contribution < -0.4 is 10.6 Å². The van der Waals surface area contributed by atoms with Gasteiger partial charge in [-0.2, -0.15) is 0 Å². The van der Waals surface area contributed by atoms with E-state index >= 15 is 0 Å². The molecule has 0 radical (unpaired) electrons. The number of imidazole rings is 1. The summed E-state index contributed by atoms with van der Waals surface area (Å²) in [5, 5.41) is 9.40. The van der Waals surface area contributed by atoms with Gasteiger partial charge in [0, 0.05) is 18.3 Å². The maximum Gasteiger partial charge on any atom is 0.293 e. The van der Waals surface area contributed by atoms with Crippen molar-refractivity contribution < 1.29 is 14.1 Å². The Morgan fingerprint density at radius 3 is 2.77 bits per heavy atom. The third kappa shape index (κ3) is 3.05. The van der Waals surface area contributed by atoms with E-state index in [1.54, 1.807) is 35.7 Å². The van der Waals surface area contributed by atoms with Crippen LogP contribution in [0.3, 0.4) is 0 Å². The van der Waals surface area contributed by atoms with Gasteiger partial charge in [-0.15, -0.1) is 0 Å². The number of aromatic nitrogens is 3. The molecule has 0 aliphatic heterocycles. The fourth-order valence-corrected chi connectivity index (χ4v) is 3.29. The van der Waals surface area contributed by atoms with E-state index < -0.39 is 5.91 Å². The van der Waals surface area contributed by atoms with Crippen molar-refractivity contribution >= 4 is 23.1 Å². The number of rotatable bonds is 4. The van der Waals surface area contributed by atoms with E-state index in [1.165, 1.54) is 0 Å². The van der Waals surface area contributed by atoms with Gasteiger partial charge in [0.1, 0.15) is 5.76 Å². The standard InChI is InChI=1S/C18H19N5O3/c1-11-10-14(22-26-11)20-18(25)16-21-15(13-8-4-5-9-23(13)16)17(24)19-12-6-2-3-7-12/h4-5,8-10,12H,2-3,6-7H2,1H3,(H,19,24)(H,20,22,25). The van der Waals surface area contributed by atoms with Gasteiger partial charge in [-0.1, -0.05) is 24.1 Å². The van der Waals surface area contributed by atoms with Crippen molar-refractivity contribution in [2.75, 3.05) is 5.32 Å². The van der Waals surface area contributed by atoms with E-state index in [-0.39, 0.29) is 23.5 Å². The molecule has 1 aliphatic rings. The molecule has 8 nitrogen and oxygen atoms in total. The third-order valence-electron chi connectivity index (χ3n) is 4.53. The Hall–Kier alpha value is -3.16. The number of fused-ring (bicyclic) bond motifs is 1. The number of nitrogens with zero attached hydrogens (tertiary/aromatic N) is 3. The molecule has 0 unspecified atom stereocenters. The predicted molar refractivity (Wildman–Crippen MR) is 94.1 cm³/mol. The molecule has 0 saturated heterocycles. The molecule has 0 aromatic carbocycles. The highest BCUT2D eigenvalue weighted by atomic mass is 16.5. The average Bonchev–Trinajstić information content (AvgIpc) is 3.35. The van der Waals surface area contributed by atoms with Gasteiger partial charge in [0.2, 0.25) is 5.82 Å². The van der Waals surface area contributed by atoms with Crippen molar-refractivity contribution in [3.05, 3.63) is 47.7 Å². The first-order valence-electron chi connectivity index (χ1n) is 8.64. The lowest BCUT2D eigenvalue weighted by molar-refractivity contribution is 0.0935. The summed E-state index contributed by atoms with van der Waals surface area (Å²) >= 11 is 0. The minimum atomic E-state index is -0.459. The number of hydrogen-bond acceptors (Lipinski definition) is 5. The number of amides is 2. The van der Waals surface area contributed by atoms with Crippen molar-refractivity contribution in [3.8, 4) is 0 Å². The molecule has 4 rings (SSSR count). The monoisotopic (exact) mass is 353 g/mol. The highest BCUT2D eigenvalue weighted by Gasteiger charge is 2.24. The Bertz CT molecular complexity index is 968. The zero-order valence-corrected chi connectivity index (χ0v) is 14.4. The van der Waals surface area contributed by atoms with Crippen molar-refractivity contribution in [3.63, 3.8) is 0 Å². The van der Waals surface area contributed by atoms with Crippen molar-refractivity contribution in [1.82, 2.24) is 19.9 Å². The van der Waals surface area contributed by atoms with Gasteiger partial charge < -0.3 is 15.2 Å². The van der Waals surface area contributed by atoms with Crippen LogP contribution in [0.4, 0.5) is 5.82 Å². The molecule has 1 fully saturated rings. The first-order valence-corrected chi connectivity index (χ1v) is 8.64. The number of nitrogens with one attached hydrogen (secondary N) is 2. The summed E-state index contributed by atoms with van der Waals surface area (Å²) in [5.74, 6) is 0.302. The van der Waals surface area contributed by atoms with Crippen LogP contribution in [-0.2, 0) is 0 Å². The molecule has 26 heavy (non-hydrogen) atoms. The largest absolute Gasteiger partial charge is 0.360 e. The molecule has 2 amide bonds. The minimum Gasteiger partial charge on any atom is -0.360 e. The number of aryl methyl sites for hydroxylation is 1. The zero-order valence-electron chi connectivity index (χ0n) is 14.4. The third-order valence-corrected chi connectivity index (χ3v) is 4.53. The fourth-order valence-electron chi connectivity index (χ4n) is 3.29. The van der Waals surface area contributed by atoms with E-state index in [9.17, 15) is 9.59 Å². The van der Waals surface area contributed by atoms with Gasteiger partial charge in [-0.25, -0.2) is 4.98 Å². The van der Waals surface area contributed by atoms with Gasteiger partial charge >= 0.3 is 0 Å². The highest BCUT2D eigenvalue weighted by Crippen LogP contribution is 2.20. The molecule has 3 heterocycles. The first-order chi connectivity index (χ1) is 12.6. The Morgan fingerprint density at radius 1 is 1.23 bits per heavy atom. The van der Waals surface area contributed by atoms with Gasteiger partial charge in [0.05, 0.1) is 5.52 Å². The normalized spacial score (nSPS) is 14.7. The molecule has 134 valence electrons. The summed E-state index contributed by atoms with van der Waals surface area (Å²) in [6.45, 7) is 1.74. The van der Waals surface area contributed by atoms with E-state index in [0.29, 0.717) is 17.1 Å². The zero-order chi connectivity index (χ0) is 18.1. The molecular formula is C18H19N5O3. The topological polar surface area (TPSA) is 102 Å². The minimum absolute atomic E-state index is 0.123. The lowest BCUT2D eigenvalue weighted by Crippen LogP contribution is -2.33. The van der Waals surface area contributed by atoms with Crippen LogP contribution in [0.25, 0.3) is 5.52 Å². The lowest BCUT2D eigenvalue weighted by atomic mass is 10.2. The van der Waals surface area contributed by atoms with Crippen molar-refractivity contribution in [1.29, 1.82) is 0 Å². The number of pyridine rings is 1. The number of hydrogen-bond donors (Lipinski definition) is 2. The number of carbonyl (C=O) groups is 2. The van der Waals surface area contributed by atoms with Gasteiger partial charge in [-0.05, 0) is 31.9 Å². The molecule has 0 bridgehead atoms. The van der Waals surface area contributed by atoms with Crippen LogP contribution >= 0.6 is 0 Å². The van der Waals surface area contributed by atoms with Crippen LogP contribution in [0.15, 0.2) is 35.0 Å².